The Bertz CT molecular complexity index is 1270. The van der Waals surface area contributed by atoms with Crippen LogP contribution in [0, 0.1) is 12.7 Å². The quantitative estimate of drug-likeness (QED) is 0.465. The number of hydrogen-bond acceptors (Lipinski definition) is 5. The molecule has 0 atom stereocenters. The van der Waals surface area contributed by atoms with Gasteiger partial charge in [-0.2, -0.15) is 0 Å². The van der Waals surface area contributed by atoms with Crippen LogP contribution in [0.25, 0.3) is 0 Å². The van der Waals surface area contributed by atoms with Crippen LogP contribution in [0.5, 0.6) is 0 Å². The average Bonchev–Trinajstić information content (AvgIpc) is 2.86. The van der Waals surface area contributed by atoms with Crippen molar-refractivity contribution < 1.29 is 23.9 Å². The molecule has 8 nitrogen and oxygen atoms in total. The molecule has 0 bridgehead atoms. The molecule has 0 aliphatic carbocycles. The molecule has 36 heavy (non-hydrogen) atoms. The third-order valence-corrected chi connectivity index (χ3v) is 6.10. The Kier molecular flexibility index (Phi) is 7.60. The average molecular weight is 491 g/mol. The van der Waals surface area contributed by atoms with Crippen molar-refractivity contribution in [1.82, 2.24) is 4.90 Å². The lowest BCUT2D eigenvalue weighted by atomic mass is 10.1. The van der Waals surface area contributed by atoms with Crippen LogP contribution in [0.15, 0.2) is 66.7 Å². The van der Waals surface area contributed by atoms with Crippen molar-refractivity contribution in [1.29, 1.82) is 0 Å². The Labute approximate surface area is 208 Å². The molecular formula is C27H27FN4O4. The molecule has 4 rings (SSSR count). The fraction of sp³-hybridized carbons (Fsp3) is 0.222. The first kappa shape index (κ1) is 24.9. The lowest BCUT2D eigenvalue weighted by Gasteiger charge is -2.36. The maximum absolute atomic E-state index is 13.0. The van der Waals surface area contributed by atoms with Crippen molar-refractivity contribution >= 4 is 34.8 Å². The van der Waals surface area contributed by atoms with Crippen LogP contribution in [-0.4, -0.2) is 60.5 Å². The predicted molar refractivity (Wildman–Crippen MR) is 136 cm³/mol. The molecule has 3 aromatic carbocycles. The van der Waals surface area contributed by atoms with E-state index in [2.05, 4.69) is 10.6 Å². The summed E-state index contributed by atoms with van der Waals surface area (Å²) in [7, 11) is 0. The SMILES string of the molecule is Cc1ccccc1C(=O)Nc1ccc(N2CCN(CC(=O)Nc3ccc(F)cc3)CC2)cc1C(=O)O. The van der Waals surface area contributed by atoms with Gasteiger partial charge in [0.1, 0.15) is 5.82 Å². The highest BCUT2D eigenvalue weighted by atomic mass is 19.1. The van der Waals surface area contributed by atoms with Crippen LogP contribution in [-0.2, 0) is 4.79 Å². The van der Waals surface area contributed by atoms with Crippen molar-refractivity contribution in [2.45, 2.75) is 6.92 Å². The number of carbonyl (C=O) groups excluding carboxylic acids is 2. The van der Waals surface area contributed by atoms with E-state index in [0.717, 1.165) is 11.3 Å². The minimum absolute atomic E-state index is 0.00976. The summed E-state index contributed by atoms with van der Waals surface area (Å²) < 4.78 is 13.0. The first-order chi connectivity index (χ1) is 17.3. The Balaban J connectivity index is 1.36. The molecule has 186 valence electrons. The molecular weight excluding hydrogens is 463 g/mol. The Hall–Kier alpha value is -4.24. The van der Waals surface area contributed by atoms with Crippen molar-refractivity contribution in [2.24, 2.45) is 0 Å². The summed E-state index contributed by atoms with van der Waals surface area (Å²) in [5.41, 5.74) is 2.80. The van der Waals surface area contributed by atoms with E-state index in [4.69, 9.17) is 0 Å². The zero-order valence-electron chi connectivity index (χ0n) is 19.8. The third-order valence-electron chi connectivity index (χ3n) is 6.10. The molecule has 3 aromatic rings. The van der Waals surface area contributed by atoms with E-state index in [0.29, 0.717) is 37.4 Å². The predicted octanol–water partition coefficient (Wildman–Crippen LogP) is 3.85. The van der Waals surface area contributed by atoms with Crippen LogP contribution in [0.2, 0.25) is 0 Å². The second kappa shape index (κ2) is 11.0. The van der Waals surface area contributed by atoms with Gasteiger partial charge >= 0.3 is 5.97 Å². The smallest absolute Gasteiger partial charge is 0.337 e. The number of halogens is 1. The molecule has 1 aliphatic rings. The van der Waals surface area contributed by atoms with Gasteiger partial charge in [0, 0.05) is 43.1 Å². The number of carboxylic acids is 1. The third kappa shape index (κ3) is 6.05. The van der Waals surface area contributed by atoms with E-state index >= 15 is 0 Å². The minimum Gasteiger partial charge on any atom is -0.478 e. The molecule has 3 N–H and O–H groups in total. The van der Waals surface area contributed by atoms with Gasteiger partial charge in [-0.15, -0.1) is 0 Å². The topological polar surface area (TPSA) is 102 Å². The van der Waals surface area contributed by atoms with Gasteiger partial charge in [-0.1, -0.05) is 18.2 Å². The van der Waals surface area contributed by atoms with Crippen LogP contribution in [0.4, 0.5) is 21.5 Å². The lowest BCUT2D eigenvalue weighted by Crippen LogP contribution is -2.48. The largest absolute Gasteiger partial charge is 0.478 e. The lowest BCUT2D eigenvalue weighted by molar-refractivity contribution is -0.117. The summed E-state index contributed by atoms with van der Waals surface area (Å²) in [6.07, 6.45) is 0. The van der Waals surface area contributed by atoms with Crippen molar-refractivity contribution in [3.63, 3.8) is 0 Å². The number of piperazine rings is 1. The number of aryl methyl sites for hydroxylation is 1. The Morgan fingerprint density at radius 3 is 2.25 bits per heavy atom. The van der Waals surface area contributed by atoms with E-state index in [9.17, 15) is 23.9 Å². The molecule has 1 aliphatic heterocycles. The first-order valence-electron chi connectivity index (χ1n) is 11.6. The number of benzene rings is 3. The number of nitrogens with zero attached hydrogens (tertiary/aromatic N) is 2. The number of carbonyl (C=O) groups is 3. The fourth-order valence-electron chi connectivity index (χ4n) is 4.13. The second-order valence-corrected chi connectivity index (χ2v) is 8.62. The molecule has 0 radical (unpaired) electrons. The molecule has 1 fully saturated rings. The van der Waals surface area contributed by atoms with Crippen molar-refractivity contribution in [2.75, 3.05) is 48.3 Å². The van der Waals surface area contributed by atoms with Crippen molar-refractivity contribution in [3.8, 4) is 0 Å². The molecule has 1 heterocycles. The van der Waals surface area contributed by atoms with Crippen LogP contribution in [0.1, 0.15) is 26.3 Å². The van der Waals surface area contributed by atoms with Gasteiger partial charge in [-0.3, -0.25) is 14.5 Å². The van der Waals surface area contributed by atoms with Gasteiger partial charge in [0.15, 0.2) is 0 Å². The Morgan fingerprint density at radius 2 is 1.58 bits per heavy atom. The summed E-state index contributed by atoms with van der Waals surface area (Å²) in [4.78, 5) is 41.0. The highest BCUT2D eigenvalue weighted by Crippen LogP contribution is 2.25. The molecule has 1 saturated heterocycles. The Morgan fingerprint density at radius 1 is 0.889 bits per heavy atom. The van der Waals surface area contributed by atoms with Gasteiger partial charge in [0.25, 0.3) is 5.91 Å². The van der Waals surface area contributed by atoms with Crippen LogP contribution in [0.3, 0.4) is 0 Å². The van der Waals surface area contributed by atoms with Crippen LogP contribution >= 0.6 is 0 Å². The number of rotatable bonds is 7. The monoisotopic (exact) mass is 490 g/mol. The highest BCUT2D eigenvalue weighted by molar-refractivity contribution is 6.08. The molecule has 9 heteroatoms. The minimum atomic E-state index is -1.13. The normalized spacial score (nSPS) is 13.8. The molecule has 2 amide bonds. The number of hydrogen-bond donors (Lipinski definition) is 3. The summed E-state index contributed by atoms with van der Waals surface area (Å²) in [5, 5.41) is 15.2. The van der Waals surface area contributed by atoms with Crippen molar-refractivity contribution in [3.05, 3.63) is 89.2 Å². The summed E-state index contributed by atoms with van der Waals surface area (Å²) >= 11 is 0. The molecule has 0 aromatic heterocycles. The van der Waals surface area contributed by atoms with E-state index in [1.165, 1.54) is 24.3 Å². The summed E-state index contributed by atoms with van der Waals surface area (Å²) in [6.45, 7) is 4.48. The molecule has 0 saturated carbocycles. The van der Waals surface area contributed by atoms with Gasteiger partial charge in [0.2, 0.25) is 5.91 Å². The second-order valence-electron chi connectivity index (χ2n) is 8.62. The number of carboxylic acid groups (broad SMARTS) is 1. The summed E-state index contributed by atoms with van der Waals surface area (Å²) in [5.74, 6) is -2.04. The number of nitrogens with one attached hydrogen (secondary N) is 2. The summed E-state index contributed by atoms with van der Waals surface area (Å²) in [6, 6.07) is 17.7. The zero-order chi connectivity index (χ0) is 25.7. The maximum Gasteiger partial charge on any atom is 0.337 e. The van der Waals surface area contributed by atoms with Crippen LogP contribution < -0.4 is 15.5 Å². The molecule has 0 spiro atoms. The number of amides is 2. The van der Waals surface area contributed by atoms with E-state index < -0.39 is 5.97 Å². The standard InChI is InChI=1S/C27H27FN4O4/c1-18-4-2-3-5-22(18)26(34)30-24-11-10-21(16-23(24)27(35)36)32-14-12-31(13-15-32)17-25(33)29-20-8-6-19(28)7-9-20/h2-11,16H,12-15,17H2,1H3,(H,29,33)(H,30,34)(H,35,36). The van der Waals surface area contributed by atoms with Gasteiger partial charge in [-0.05, 0) is 61.0 Å². The highest BCUT2D eigenvalue weighted by Gasteiger charge is 2.22. The zero-order valence-corrected chi connectivity index (χ0v) is 19.8. The van der Waals surface area contributed by atoms with E-state index in [1.807, 2.05) is 28.9 Å². The van der Waals surface area contributed by atoms with Gasteiger partial charge < -0.3 is 20.6 Å². The molecule has 0 unspecified atom stereocenters. The van der Waals surface area contributed by atoms with E-state index in [1.54, 1.807) is 30.3 Å². The van der Waals surface area contributed by atoms with Gasteiger partial charge in [0.05, 0.1) is 17.8 Å². The number of aromatic carboxylic acids is 1. The maximum atomic E-state index is 13.0. The van der Waals surface area contributed by atoms with E-state index in [-0.39, 0.29) is 35.4 Å². The fourth-order valence-corrected chi connectivity index (χ4v) is 4.13. The first-order valence-corrected chi connectivity index (χ1v) is 11.6. The van der Waals surface area contributed by atoms with Gasteiger partial charge in [-0.25, -0.2) is 9.18 Å². The number of anilines is 3.